The number of benzene rings is 1. The fourth-order valence-electron chi connectivity index (χ4n) is 2.97. The molecule has 1 aromatic heterocycles. The first-order valence-electron chi connectivity index (χ1n) is 8.40. The molecule has 1 atom stereocenters. The summed E-state index contributed by atoms with van der Waals surface area (Å²) < 4.78 is 13.8. The Labute approximate surface area is 155 Å². The highest BCUT2D eigenvalue weighted by Crippen LogP contribution is 2.27. The predicted octanol–water partition coefficient (Wildman–Crippen LogP) is 3.15. The maximum atomic E-state index is 13.8. The van der Waals surface area contributed by atoms with Gasteiger partial charge in [0, 0.05) is 24.4 Å². The SMILES string of the molecule is C=CC(=O)N1CCC(C(=O)Nc2nc(C)c(Cc3ccccc3F)s2)C1. The molecule has 1 saturated heterocycles. The average molecular weight is 373 g/mol. The molecule has 0 saturated carbocycles. The lowest BCUT2D eigenvalue weighted by Gasteiger charge is -2.13. The summed E-state index contributed by atoms with van der Waals surface area (Å²) >= 11 is 1.36. The number of carbonyl (C=O) groups is 2. The number of nitrogens with one attached hydrogen (secondary N) is 1. The number of rotatable bonds is 5. The summed E-state index contributed by atoms with van der Waals surface area (Å²) in [5.41, 5.74) is 1.38. The molecule has 1 N–H and O–H groups in total. The van der Waals surface area contributed by atoms with Gasteiger partial charge >= 0.3 is 0 Å². The van der Waals surface area contributed by atoms with Crippen LogP contribution < -0.4 is 5.32 Å². The Morgan fingerprint density at radius 2 is 2.23 bits per heavy atom. The Bertz CT molecular complexity index is 849. The molecule has 1 aliphatic heterocycles. The zero-order chi connectivity index (χ0) is 18.7. The minimum absolute atomic E-state index is 0.143. The molecule has 2 aromatic rings. The van der Waals surface area contributed by atoms with E-state index in [0.717, 1.165) is 10.6 Å². The van der Waals surface area contributed by atoms with Crippen molar-refractivity contribution in [2.75, 3.05) is 18.4 Å². The van der Waals surface area contributed by atoms with Crippen molar-refractivity contribution in [2.24, 2.45) is 5.92 Å². The second kappa shape index (κ2) is 7.78. The lowest BCUT2D eigenvalue weighted by molar-refractivity contribution is -0.125. The summed E-state index contributed by atoms with van der Waals surface area (Å²) in [6.07, 6.45) is 2.33. The van der Waals surface area contributed by atoms with Crippen molar-refractivity contribution >= 4 is 28.3 Å². The van der Waals surface area contributed by atoms with E-state index in [1.54, 1.807) is 23.1 Å². The van der Waals surface area contributed by atoms with E-state index >= 15 is 0 Å². The van der Waals surface area contributed by atoms with Crippen molar-refractivity contribution in [1.82, 2.24) is 9.88 Å². The zero-order valence-corrected chi connectivity index (χ0v) is 15.3. The second-order valence-electron chi connectivity index (χ2n) is 6.26. The van der Waals surface area contributed by atoms with Crippen molar-refractivity contribution in [3.05, 3.63) is 58.9 Å². The van der Waals surface area contributed by atoms with Crippen LogP contribution in [0.15, 0.2) is 36.9 Å². The number of hydrogen-bond donors (Lipinski definition) is 1. The van der Waals surface area contributed by atoms with Crippen molar-refractivity contribution in [3.63, 3.8) is 0 Å². The highest BCUT2D eigenvalue weighted by molar-refractivity contribution is 7.15. The van der Waals surface area contributed by atoms with Gasteiger partial charge < -0.3 is 10.2 Å². The summed E-state index contributed by atoms with van der Waals surface area (Å²) in [7, 11) is 0. The van der Waals surface area contributed by atoms with E-state index in [-0.39, 0.29) is 23.5 Å². The monoisotopic (exact) mass is 373 g/mol. The maximum Gasteiger partial charge on any atom is 0.245 e. The predicted molar refractivity (Wildman–Crippen MR) is 99.6 cm³/mol. The molecule has 136 valence electrons. The molecule has 1 aromatic carbocycles. The number of anilines is 1. The quantitative estimate of drug-likeness (QED) is 0.819. The van der Waals surface area contributed by atoms with E-state index in [4.69, 9.17) is 0 Å². The van der Waals surface area contributed by atoms with Gasteiger partial charge in [0.15, 0.2) is 5.13 Å². The van der Waals surface area contributed by atoms with Crippen LogP contribution in [0.3, 0.4) is 0 Å². The Kier molecular flexibility index (Phi) is 5.46. The summed E-state index contributed by atoms with van der Waals surface area (Å²) in [6, 6.07) is 6.64. The first kappa shape index (κ1) is 18.3. The molecular formula is C19H20FN3O2S. The van der Waals surface area contributed by atoms with Crippen LogP contribution in [0.4, 0.5) is 9.52 Å². The molecule has 0 bridgehead atoms. The minimum Gasteiger partial charge on any atom is -0.338 e. The number of hydrogen-bond acceptors (Lipinski definition) is 4. The van der Waals surface area contributed by atoms with E-state index in [2.05, 4.69) is 16.9 Å². The van der Waals surface area contributed by atoms with E-state index in [0.29, 0.717) is 36.6 Å². The van der Waals surface area contributed by atoms with Crippen LogP contribution in [-0.2, 0) is 16.0 Å². The first-order valence-corrected chi connectivity index (χ1v) is 9.21. The molecule has 0 radical (unpaired) electrons. The van der Waals surface area contributed by atoms with Gasteiger partial charge in [-0.25, -0.2) is 9.37 Å². The molecular weight excluding hydrogens is 353 g/mol. The fraction of sp³-hybridized carbons (Fsp3) is 0.316. The van der Waals surface area contributed by atoms with Gasteiger partial charge in [0.1, 0.15) is 5.82 Å². The van der Waals surface area contributed by atoms with Gasteiger partial charge in [0.25, 0.3) is 0 Å². The molecule has 26 heavy (non-hydrogen) atoms. The van der Waals surface area contributed by atoms with Crippen LogP contribution in [0.1, 0.15) is 22.6 Å². The summed E-state index contributed by atoms with van der Waals surface area (Å²) in [5.74, 6) is -0.796. The minimum atomic E-state index is -0.252. The lowest BCUT2D eigenvalue weighted by atomic mass is 10.1. The van der Waals surface area contributed by atoms with E-state index in [1.165, 1.54) is 23.5 Å². The van der Waals surface area contributed by atoms with Crippen molar-refractivity contribution in [2.45, 2.75) is 19.8 Å². The molecule has 0 aliphatic carbocycles. The number of amides is 2. The number of halogens is 1. The molecule has 2 amide bonds. The maximum absolute atomic E-state index is 13.8. The summed E-state index contributed by atoms with van der Waals surface area (Å²) in [4.78, 5) is 31.0. The molecule has 1 fully saturated rings. The van der Waals surface area contributed by atoms with Crippen molar-refractivity contribution in [3.8, 4) is 0 Å². The van der Waals surface area contributed by atoms with Crippen LogP contribution in [0, 0.1) is 18.7 Å². The van der Waals surface area contributed by atoms with Gasteiger partial charge in [-0.2, -0.15) is 0 Å². The summed E-state index contributed by atoms with van der Waals surface area (Å²) in [6.45, 7) is 6.26. The number of thiazole rings is 1. The van der Waals surface area contributed by atoms with Crippen LogP contribution in [0.5, 0.6) is 0 Å². The first-order chi connectivity index (χ1) is 12.5. The van der Waals surface area contributed by atoms with E-state index in [1.807, 2.05) is 6.92 Å². The highest BCUT2D eigenvalue weighted by atomic mass is 32.1. The number of likely N-dealkylation sites (tertiary alicyclic amines) is 1. The highest BCUT2D eigenvalue weighted by Gasteiger charge is 2.30. The molecule has 1 aliphatic rings. The molecule has 0 spiro atoms. The average Bonchev–Trinajstić information content (AvgIpc) is 3.24. The fourth-order valence-corrected chi connectivity index (χ4v) is 3.96. The van der Waals surface area contributed by atoms with Crippen molar-refractivity contribution < 1.29 is 14.0 Å². The third kappa shape index (κ3) is 3.99. The van der Waals surface area contributed by atoms with Gasteiger partial charge in [0.2, 0.25) is 11.8 Å². The van der Waals surface area contributed by atoms with E-state index < -0.39 is 0 Å². The summed E-state index contributed by atoms with van der Waals surface area (Å²) in [5, 5.41) is 3.34. The Morgan fingerprint density at radius 1 is 1.46 bits per heavy atom. The van der Waals surface area contributed by atoms with Crippen molar-refractivity contribution in [1.29, 1.82) is 0 Å². The normalized spacial score (nSPS) is 16.5. The smallest absolute Gasteiger partial charge is 0.245 e. The second-order valence-corrected chi connectivity index (χ2v) is 7.34. The van der Waals surface area contributed by atoms with Gasteiger partial charge in [-0.05, 0) is 31.1 Å². The van der Waals surface area contributed by atoms with Crippen LogP contribution in [-0.4, -0.2) is 34.8 Å². The lowest BCUT2D eigenvalue weighted by Crippen LogP contribution is -2.30. The van der Waals surface area contributed by atoms with Gasteiger partial charge in [-0.15, -0.1) is 11.3 Å². The molecule has 5 nitrogen and oxygen atoms in total. The van der Waals surface area contributed by atoms with Crippen LogP contribution >= 0.6 is 11.3 Å². The Morgan fingerprint density at radius 3 is 2.96 bits per heavy atom. The van der Waals surface area contributed by atoms with Gasteiger partial charge in [-0.3, -0.25) is 9.59 Å². The van der Waals surface area contributed by atoms with Crippen LogP contribution in [0.25, 0.3) is 0 Å². The standard InChI is InChI=1S/C19H20FN3O2S/c1-3-17(24)23-9-8-14(11-23)18(25)22-19-21-12(2)16(26-19)10-13-6-4-5-7-15(13)20/h3-7,14H,1,8-11H2,2H3,(H,21,22,25). The van der Waals surface area contributed by atoms with Gasteiger partial charge in [-0.1, -0.05) is 24.8 Å². The van der Waals surface area contributed by atoms with Crippen LogP contribution in [0.2, 0.25) is 0 Å². The number of carbonyl (C=O) groups excluding carboxylic acids is 2. The number of aryl methyl sites for hydroxylation is 1. The molecule has 3 rings (SSSR count). The Balaban J connectivity index is 1.64. The number of nitrogens with zero attached hydrogens (tertiary/aromatic N) is 2. The largest absolute Gasteiger partial charge is 0.338 e. The molecule has 2 heterocycles. The number of aromatic nitrogens is 1. The van der Waals surface area contributed by atoms with E-state index in [9.17, 15) is 14.0 Å². The Hall–Kier alpha value is -2.54. The molecule has 1 unspecified atom stereocenters. The topological polar surface area (TPSA) is 62.3 Å². The third-order valence-corrected chi connectivity index (χ3v) is 5.55. The zero-order valence-electron chi connectivity index (χ0n) is 14.5. The molecule has 7 heteroatoms. The van der Waals surface area contributed by atoms with Gasteiger partial charge in [0.05, 0.1) is 11.6 Å². The third-order valence-electron chi connectivity index (χ3n) is 4.48.